The van der Waals surface area contributed by atoms with E-state index in [1.165, 1.54) is 0 Å². The first-order valence-electron chi connectivity index (χ1n) is 6.51. The van der Waals surface area contributed by atoms with Gasteiger partial charge in [0.1, 0.15) is 0 Å². The first-order chi connectivity index (χ1) is 9.15. The van der Waals surface area contributed by atoms with Crippen molar-refractivity contribution < 1.29 is 9.53 Å². The van der Waals surface area contributed by atoms with E-state index < -0.39 is 0 Å². The number of carbonyl (C=O) groups is 1. The minimum Gasteiger partial charge on any atom is -0.379 e. The fourth-order valence-electron chi connectivity index (χ4n) is 2.06. The second-order valence-electron chi connectivity index (χ2n) is 4.71. The average Bonchev–Trinajstić information content (AvgIpc) is 2.41. The Kier molecular flexibility index (Phi) is 5.36. The lowest BCUT2D eigenvalue weighted by Crippen LogP contribution is -2.38. The van der Waals surface area contributed by atoms with E-state index >= 15 is 0 Å². The highest BCUT2D eigenvalue weighted by Gasteiger charge is 2.12. The van der Waals surface area contributed by atoms with Crippen molar-refractivity contribution in [1.82, 2.24) is 4.90 Å². The zero-order valence-electron chi connectivity index (χ0n) is 11.1. The molecule has 2 rings (SSSR count). The quantitative estimate of drug-likeness (QED) is 0.923. The summed E-state index contributed by atoms with van der Waals surface area (Å²) in [6, 6.07) is 5.86. The summed E-state index contributed by atoms with van der Waals surface area (Å²) in [7, 11) is 0. The Morgan fingerprint density at radius 2 is 2.16 bits per heavy atom. The van der Waals surface area contributed by atoms with Gasteiger partial charge >= 0.3 is 0 Å². The number of carbonyl (C=O) groups excluding carboxylic acids is 1. The van der Waals surface area contributed by atoms with Crippen molar-refractivity contribution in [2.75, 3.05) is 38.2 Å². The smallest absolute Gasteiger partial charge is 0.225 e. The second-order valence-corrected chi connectivity index (χ2v) is 5.63. The molecule has 1 N–H and O–H groups in total. The number of anilines is 1. The van der Waals surface area contributed by atoms with Gasteiger partial charge in [-0.05, 0) is 30.7 Å². The molecule has 1 aliphatic rings. The lowest BCUT2D eigenvalue weighted by molar-refractivity contribution is -0.116. The van der Waals surface area contributed by atoms with Crippen LogP contribution in [-0.2, 0) is 9.53 Å². The molecule has 1 heterocycles. The zero-order valence-corrected chi connectivity index (χ0v) is 12.7. The molecule has 0 bridgehead atoms. The number of benzene rings is 1. The Labute approximate surface area is 122 Å². The van der Waals surface area contributed by atoms with Crippen LogP contribution in [0.2, 0.25) is 0 Å². The van der Waals surface area contributed by atoms with Crippen LogP contribution in [0.25, 0.3) is 0 Å². The van der Waals surface area contributed by atoms with Crippen molar-refractivity contribution in [2.24, 2.45) is 0 Å². The molecule has 5 heteroatoms. The number of hydrogen-bond donors (Lipinski definition) is 1. The SMILES string of the molecule is Cc1cc(Br)ccc1NC(=O)CCN1CCOCC1. The zero-order chi connectivity index (χ0) is 13.7. The van der Waals surface area contributed by atoms with Gasteiger partial charge in [-0.2, -0.15) is 0 Å². The topological polar surface area (TPSA) is 41.6 Å². The number of aryl methyl sites for hydroxylation is 1. The Morgan fingerprint density at radius 1 is 1.42 bits per heavy atom. The van der Waals surface area contributed by atoms with Gasteiger partial charge in [-0.1, -0.05) is 15.9 Å². The highest BCUT2D eigenvalue weighted by molar-refractivity contribution is 9.10. The largest absolute Gasteiger partial charge is 0.379 e. The highest BCUT2D eigenvalue weighted by atomic mass is 79.9. The van der Waals surface area contributed by atoms with E-state index in [9.17, 15) is 4.79 Å². The Bertz CT molecular complexity index is 445. The number of nitrogens with one attached hydrogen (secondary N) is 1. The molecule has 0 aromatic heterocycles. The first-order valence-corrected chi connectivity index (χ1v) is 7.30. The predicted molar refractivity (Wildman–Crippen MR) is 79.4 cm³/mol. The maximum Gasteiger partial charge on any atom is 0.225 e. The number of rotatable bonds is 4. The summed E-state index contributed by atoms with van der Waals surface area (Å²) in [5.41, 5.74) is 1.95. The molecule has 4 nitrogen and oxygen atoms in total. The molecule has 0 aliphatic carbocycles. The standard InChI is InChI=1S/C14H19BrN2O2/c1-11-10-12(15)2-3-13(11)16-14(18)4-5-17-6-8-19-9-7-17/h2-3,10H,4-9H2,1H3,(H,16,18). The van der Waals surface area contributed by atoms with E-state index in [0.29, 0.717) is 6.42 Å². The van der Waals surface area contributed by atoms with Crippen LogP contribution in [-0.4, -0.2) is 43.7 Å². The van der Waals surface area contributed by atoms with E-state index in [-0.39, 0.29) is 5.91 Å². The van der Waals surface area contributed by atoms with Crippen molar-refractivity contribution in [3.05, 3.63) is 28.2 Å². The minimum absolute atomic E-state index is 0.0666. The lowest BCUT2D eigenvalue weighted by atomic mass is 10.2. The van der Waals surface area contributed by atoms with Gasteiger partial charge in [0.25, 0.3) is 0 Å². The molecule has 1 aliphatic heterocycles. The molecule has 0 saturated carbocycles. The summed E-state index contributed by atoms with van der Waals surface area (Å²) in [5, 5.41) is 2.96. The molecule has 1 saturated heterocycles. The van der Waals surface area contributed by atoms with Crippen LogP contribution < -0.4 is 5.32 Å². The number of hydrogen-bond acceptors (Lipinski definition) is 3. The Morgan fingerprint density at radius 3 is 2.84 bits per heavy atom. The van der Waals surface area contributed by atoms with Gasteiger partial charge in [0.15, 0.2) is 0 Å². The fraction of sp³-hybridized carbons (Fsp3) is 0.500. The van der Waals surface area contributed by atoms with Gasteiger partial charge in [-0.25, -0.2) is 0 Å². The summed E-state index contributed by atoms with van der Waals surface area (Å²) in [4.78, 5) is 14.2. The highest BCUT2D eigenvalue weighted by Crippen LogP contribution is 2.20. The third-order valence-electron chi connectivity index (χ3n) is 3.22. The molecular weight excluding hydrogens is 308 g/mol. The van der Waals surface area contributed by atoms with Crippen LogP contribution in [0.3, 0.4) is 0 Å². The third-order valence-corrected chi connectivity index (χ3v) is 3.71. The second kappa shape index (κ2) is 7.03. The van der Waals surface area contributed by atoms with Crippen molar-refractivity contribution >= 4 is 27.5 Å². The number of nitrogens with zero attached hydrogens (tertiary/aromatic N) is 1. The van der Waals surface area contributed by atoms with E-state index in [1.54, 1.807) is 0 Å². The molecule has 1 fully saturated rings. The van der Waals surface area contributed by atoms with Crippen molar-refractivity contribution in [3.8, 4) is 0 Å². The maximum absolute atomic E-state index is 11.9. The molecule has 0 atom stereocenters. The Hall–Kier alpha value is -0.910. The maximum atomic E-state index is 11.9. The number of halogens is 1. The van der Waals surface area contributed by atoms with Gasteiger partial charge in [0.05, 0.1) is 13.2 Å². The predicted octanol–water partition coefficient (Wildman–Crippen LogP) is 2.42. The van der Waals surface area contributed by atoms with E-state index in [0.717, 1.165) is 48.6 Å². The molecule has 1 aromatic rings. The molecule has 19 heavy (non-hydrogen) atoms. The number of ether oxygens (including phenoxy) is 1. The summed E-state index contributed by atoms with van der Waals surface area (Å²) in [5.74, 6) is 0.0666. The summed E-state index contributed by atoms with van der Waals surface area (Å²) in [6.07, 6.45) is 0.523. The first kappa shape index (κ1) is 14.5. The molecular formula is C14H19BrN2O2. The van der Waals surface area contributed by atoms with Crippen LogP contribution >= 0.6 is 15.9 Å². The van der Waals surface area contributed by atoms with Gasteiger partial charge in [0.2, 0.25) is 5.91 Å². The van der Waals surface area contributed by atoms with Gasteiger partial charge < -0.3 is 10.1 Å². The Balaban J connectivity index is 1.80. The van der Waals surface area contributed by atoms with E-state index in [2.05, 4.69) is 26.1 Å². The fourth-order valence-corrected chi connectivity index (χ4v) is 2.54. The lowest BCUT2D eigenvalue weighted by Gasteiger charge is -2.26. The normalized spacial score (nSPS) is 16.3. The third kappa shape index (κ3) is 4.60. The minimum atomic E-state index is 0.0666. The van der Waals surface area contributed by atoms with Crippen molar-refractivity contribution in [3.63, 3.8) is 0 Å². The molecule has 1 aromatic carbocycles. The van der Waals surface area contributed by atoms with Gasteiger partial charge in [0, 0.05) is 36.2 Å². The monoisotopic (exact) mass is 326 g/mol. The van der Waals surface area contributed by atoms with Gasteiger partial charge in [-0.15, -0.1) is 0 Å². The van der Waals surface area contributed by atoms with E-state index in [4.69, 9.17) is 4.74 Å². The van der Waals surface area contributed by atoms with Crippen molar-refractivity contribution in [1.29, 1.82) is 0 Å². The number of morpholine rings is 1. The molecule has 1 amide bonds. The summed E-state index contributed by atoms with van der Waals surface area (Å²) < 4.78 is 6.31. The van der Waals surface area contributed by atoms with E-state index in [1.807, 2.05) is 25.1 Å². The molecule has 0 spiro atoms. The van der Waals surface area contributed by atoms with Crippen LogP contribution in [0, 0.1) is 6.92 Å². The summed E-state index contributed by atoms with van der Waals surface area (Å²) in [6.45, 7) is 6.17. The van der Waals surface area contributed by atoms with Crippen molar-refractivity contribution in [2.45, 2.75) is 13.3 Å². The van der Waals surface area contributed by atoms with Gasteiger partial charge in [-0.3, -0.25) is 9.69 Å². The molecule has 0 radical (unpaired) electrons. The molecule has 0 unspecified atom stereocenters. The van der Waals surface area contributed by atoms with Crippen LogP contribution in [0.5, 0.6) is 0 Å². The van der Waals surface area contributed by atoms with Crippen LogP contribution in [0.15, 0.2) is 22.7 Å². The van der Waals surface area contributed by atoms with Crippen LogP contribution in [0.4, 0.5) is 5.69 Å². The number of amides is 1. The van der Waals surface area contributed by atoms with Crippen LogP contribution in [0.1, 0.15) is 12.0 Å². The summed E-state index contributed by atoms with van der Waals surface area (Å²) >= 11 is 3.41. The molecule has 104 valence electrons. The average molecular weight is 327 g/mol.